The molecule has 5 nitrogen and oxygen atoms in total. The molecular weight excluding hydrogens is 1160 g/mol. The minimum atomic E-state index is -0.125. The number of fused-ring (bicyclic) bond motifs is 4. The van der Waals surface area contributed by atoms with Crippen LogP contribution in [0.3, 0.4) is 0 Å². The van der Waals surface area contributed by atoms with Crippen molar-refractivity contribution in [2.75, 3.05) is 0 Å². The molecule has 7 heteroatoms. The number of hydrogen-bond acceptors (Lipinski definition) is 5. The van der Waals surface area contributed by atoms with Gasteiger partial charge >= 0.3 is 0 Å². The van der Waals surface area contributed by atoms with Gasteiger partial charge in [0.2, 0.25) is 0 Å². The van der Waals surface area contributed by atoms with Gasteiger partial charge in [-0.15, -0.1) is 101 Å². The number of carbonyl (C=O) groups is 1. The first-order chi connectivity index (χ1) is 30.6. The van der Waals surface area contributed by atoms with Crippen molar-refractivity contribution in [1.82, 2.24) is 15.0 Å². The van der Waals surface area contributed by atoms with E-state index in [0.29, 0.717) is 0 Å². The van der Waals surface area contributed by atoms with E-state index in [1.165, 1.54) is 69.6 Å². The van der Waals surface area contributed by atoms with Gasteiger partial charge in [-0.25, -0.2) is 0 Å². The average molecular weight is 1200 g/mol. The van der Waals surface area contributed by atoms with Crippen LogP contribution in [0.25, 0.3) is 66.8 Å². The van der Waals surface area contributed by atoms with Crippen LogP contribution >= 0.6 is 0 Å². The van der Waals surface area contributed by atoms with Crippen LogP contribution in [0.4, 0.5) is 0 Å². The van der Waals surface area contributed by atoms with Crippen molar-refractivity contribution in [3.63, 3.8) is 0 Å². The Balaban J connectivity index is 0.000000176. The van der Waals surface area contributed by atoms with Crippen LogP contribution < -0.4 is 0 Å². The quantitative estimate of drug-likeness (QED) is 0.106. The van der Waals surface area contributed by atoms with E-state index in [9.17, 15) is 4.79 Å². The normalized spacial score (nSPS) is 11.6. The van der Waals surface area contributed by atoms with Gasteiger partial charge in [0, 0.05) is 70.4 Å². The number of aliphatic hydroxyl groups excluding tert-OH is 1. The van der Waals surface area contributed by atoms with Crippen LogP contribution in [0.2, 0.25) is 0 Å². The van der Waals surface area contributed by atoms with E-state index in [4.69, 9.17) is 5.11 Å². The van der Waals surface area contributed by atoms with Crippen LogP contribution in [0.5, 0.6) is 0 Å². The third-order valence-electron chi connectivity index (χ3n) is 10.7. The molecule has 0 amide bonds. The maximum absolute atomic E-state index is 10.0. The number of nitrogens with zero attached hydrogens (tertiary/aromatic N) is 3. The van der Waals surface area contributed by atoms with Crippen LogP contribution in [-0.4, -0.2) is 25.8 Å². The second-order valence-corrected chi connectivity index (χ2v) is 15.6. The molecule has 0 aliphatic heterocycles. The number of ketones is 1. The fourth-order valence-electron chi connectivity index (χ4n) is 7.66. The number of rotatable bonds is 5. The van der Waals surface area contributed by atoms with Gasteiger partial charge in [-0.1, -0.05) is 122 Å². The Morgan fingerprint density at radius 3 is 1.86 bits per heavy atom. The first-order valence-corrected chi connectivity index (χ1v) is 20.9. The van der Waals surface area contributed by atoms with Crippen molar-refractivity contribution in [3.05, 3.63) is 235 Å². The monoisotopic (exact) mass is 1200 g/mol. The Hall–Kier alpha value is -6.46. The molecule has 0 saturated carbocycles. The van der Waals surface area contributed by atoms with E-state index >= 15 is 0 Å². The molecule has 1 aliphatic rings. The van der Waals surface area contributed by atoms with Gasteiger partial charge in [-0.05, 0) is 82.9 Å². The average Bonchev–Trinajstić information content (AvgIpc) is 3.55. The first kappa shape index (κ1) is 49.6. The number of pyridine rings is 3. The van der Waals surface area contributed by atoms with Crippen molar-refractivity contribution in [2.24, 2.45) is 0 Å². The van der Waals surface area contributed by atoms with Gasteiger partial charge in [-0.2, -0.15) is 0 Å². The Morgan fingerprint density at radius 1 is 0.585 bits per heavy atom. The van der Waals surface area contributed by atoms with E-state index in [-0.39, 0.29) is 57.2 Å². The fraction of sp³-hybridized carbons (Fsp3) is 0.103. The summed E-state index contributed by atoms with van der Waals surface area (Å²) in [5.74, 6) is -0.0625. The summed E-state index contributed by atoms with van der Waals surface area (Å²) < 4.78 is 0. The number of aromatic nitrogens is 3. The number of hydrogen-bond donors (Lipinski definition) is 1. The van der Waals surface area contributed by atoms with Crippen molar-refractivity contribution in [2.45, 2.75) is 40.0 Å². The van der Waals surface area contributed by atoms with Crippen molar-refractivity contribution in [1.29, 1.82) is 0 Å². The summed E-state index contributed by atoms with van der Waals surface area (Å²) in [4.78, 5) is 23.5. The first-order valence-electron chi connectivity index (χ1n) is 20.9. The van der Waals surface area contributed by atoms with Crippen LogP contribution in [0, 0.1) is 25.1 Å². The molecule has 0 atom stereocenters. The van der Waals surface area contributed by atoms with Gasteiger partial charge in [0.15, 0.2) is 5.78 Å². The van der Waals surface area contributed by atoms with Crippen molar-refractivity contribution < 1.29 is 50.1 Å². The largest absolute Gasteiger partial charge is 0.512 e. The molecule has 6 aromatic carbocycles. The van der Waals surface area contributed by atoms with E-state index in [1.807, 2.05) is 97.3 Å². The summed E-state index contributed by atoms with van der Waals surface area (Å²) in [7, 11) is 0. The molecule has 0 spiro atoms. The maximum atomic E-state index is 10.0. The number of aliphatic hydroxyl groups is 1. The fourth-order valence-corrected chi connectivity index (χ4v) is 7.66. The Bertz CT molecular complexity index is 2930. The van der Waals surface area contributed by atoms with Crippen LogP contribution in [0.15, 0.2) is 200 Å². The molecule has 0 bridgehead atoms. The van der Waals surface area contributed by atoms with E-state index in [2.05, 4.69) is 139 Å². The Kier molecular flexibility index (Phi) is 17.9. The second-order valence-electron chi connectivity index (χ2n) is 15.6. The van der Waals surface area contributed by atoms with Gasteiger partial charge in [0.1, 0.15) is 0 Å². The third kappa shape index (κ3) is 12.4. The number of carbonyl (C=O) groups excluding carboxylic acids is 1. The summed E-state index contributed by atoms with van der Waals surface area (Å²) in [5, 5.41) is 10.8. The number of benzene rings is 6. The van der Waals surface area contributed by atoms with Crippen LogP contribution in [0.1, 0.15) is 44.4 Å². The zero-order valence-electron chi connectivity index (χ0n) is 36.8. The van der Waals surface area contributed by atoms with Crippen molar-refractivity contribution in [3.8, 4) is 56.0 Å². The van der Waals surface area contributed by atoms with E-state index < -0.39 is 0 Å². The summed E-state index contributed by atoms with van der Waals surface area (Å²) in [6.07, 6.45) is 6.79. The summed E-state index contributed by atoms with van der Waals surface area (Å²) in [5.41, 5.74) is 15.1. The maximum Gasteiger partial charge on any atom is 0.155 e. The molecule has 0 fully saturated rings. The van der Waals surface area contributed by atoms with Gasteiger partial charge < -0.3 is 20.1 Å². The van der Waals surface area contributed by atoms with E-state index in [0.717, 1.165) is 33.8 Å². The molecule has 1 N–H and O–H groups in total. The molecule has 0 unspecified atom stereocenters. The summed E-state index contributed by atoms with van der Waals surface area (Å²) in [6.45, 7) is 9.58. The molecule has 9 aromatic rings. The summed E-state index contributed by atoms with van der Waals surface area (Å²) in [6, 6.07) is 67.5. The smallest absolute Gasteiger partial charge is 0.155 e. The van der Waals surface area contributed by atoms with Crippen LogP contribution in [-0.2, 0) is 50.4 Å². The SMILES string of the molecule is CC(=O)C=C(C)O.CC1(C)c2ccccc2-c2c[c-]c(-c3nccc4ccccc34)cc21.Cc1cc(-c2[c-]cccc2)ncc1-c1ccccc1.[Ir].[Ir].[c-]1ccccc1-c1ccccn1. The molecule has 3 aromatic heterocycles. The number of allylic oxidation sites excluding steroid dienone is 2. The topological polar surface area (TPSA) is 76.0 Å². The molecular formula is C58H48Ir2N3O2-3. The minimum Gasteiger partial charge on any atom is -0.512 e. The molecule has 3 heterocycles. The van der Waals surface area contributed by atoms with E-state index in [1.54, 1.807) is 6.20 Å². The minimum absolute atomic E-state index is 0. The Labute approximate surface area is 410 Å². The predicted octanol–water partition coefficient (Wildman–Crippen LogP) is 14.1. The van der Waals surface area contributed by atoms with Gasteiger partial charge in [0.25, 0.3) is 0 Å². The zero-order chi connectivity index (χ0) is 44.2. The molecule has 1 aliphatic carbocycles. The molecule has 65 heavy (non-hydrogen) atoms. The summed E-state index contributed by atoms with van der Waals surface area (Å²) >= 11 is 0. The second kappa shape index (κ2) is 23.5. The number of aryl methyl sites for hydroxylation is 1. The molecule has 328 valence electrons. The van der Waals surface area contributed by atoms with Gasteiger partial charge in [-0.3, -0.25) is 4.79 Å². The Morgan fingerprint density at radius 2 is 1.23 bits per heavy atom. The zero-order valence-corrected chi connectivity index (χ0v) is 41.6. The molecule has 0 saturated heterocycles. The predicted molar refractivity (Wildman–Crippen MR) is 258 cm³/mol. The van der Waals surface area contributed by atoms with Crippen molar-refractivity contribution >= 4 is 16.6 Å². The molecule has 2 radical (unpaired) electrons. The van der Waals surface area contributed by atoms with Gasteiger partial charge in [0.05, 0.1) is 5.76 Å². The molecule has 10 rings (SSSR count). The standard InChI is InChI=1S/C24H18N.C18H14N.C11H8N.C5H8O2.2Ir/c1-24(2)21-10-6-5-9-19(21)20-12-11-17(15-22(20)24)23-18-8-4-3-7-16(18)13-14-25-23;1-14-12-18(16-10-6-3-7-11-16)19-13-17(14)15-8-4-2-5-9-15;1-2-6-10(7-3-1)11-8-4-5-9-12-11;1-4(6)3-5(2)7;;/h3-10,12-15H,1-2H3;2-10,12-13H,1H3;1-6,8-9H;3,6H,1-2H3;;/q3*-1;;;. The third-order valence-corrected chi connectivity index (χ3v) is 10.7.